The molecule has 0 spiro atoms. The molecule has 0 unspecified atom stereocenters. The summed E-state index contributed by atoms with van der Waals surface area (Å²) in [6.45, 7) is 2.63. The third-order valence-electron chi connectivity index (χ3n) is 3.28. The number of methoxy groups -OCH3 is 1. The highest BCUT2D eigenvalue weighted by atomic mass is 16.5. The molecular formula is C18H23NO2. The Hall–Kier alpha value is -2.00. The summed E-state index contributed by atoms with van der Waals surface area (Å²) in [6.07, 6.45) is 1.71. The molecule has 3 heteroatoms. The molecule has 0 aliphatic carbocycles. The van der Waals surface area contributed by atoms with Crippen LogP contribution >= 0.6 is 0 Å². The number of rotatable bonds is 7. The summed E-state index contributed by atoms with van der Waals surface area (Å²) < 4.78 is 11.2. The van der Waals surface area contributed by atoms with Crippen LogP contribution in [-0.4, -0.2) is 19.8 Å². The molecule has 112 valence electrons. The maximum Gasteiger partial charge on any atom is 0.161 e. The number of benzene rings is 2. The van der Waals surface area contributed by atoms with Gasteiger partial charge in [0.15, 0.2) is 11.5 Å². The predicted octanol–water partition coefficient (Wildman–Crippen LogP) is 3.21. The molecule has 3 nitrogen and oxygen atoms in total. The van der Waals surface area contributed by atoms with E-state index in [2.05, 4.69) is 12.1 Å². The van der Waals surface area contributed by atoms with E-state index in [-0.39, 0.29) is 6.04 Å². The molecule has 0 fully saturated rings. The van der Waals surface area contributed by atoms with E-state index in [1.165, 1.54) is 11.1 Å². The summed E-state index contributed by atoms with van der Waals surface area (Å²) in [6, 6.07) is 16.4. The maximum atomic E-state index is 5.89. The van der Waals surface area contributed by atoms with Crippen LogP contribution in [0.15, 0.2) is 48.5 Å². The van der Waals surface area contributed by atoms with E-state index in [1.54, 1.807) is 7.11 Å². The van der Waals surface area contributed by atoms with E-state index in [4.69, 9.17) is 15.2 Å². The van der Waals surface area contributed by atoms with Crippen molar-refractivity contribution < 1.29 is 9.47 Å². The van der Waals surface area contributed by atoms with Gasteiger partial charge >= 0.3 is 0 Å². The fourth-order valence-electron chi connectivity index (χ4n) is 2.26. The van der Waals surface area contributed by atoms with Crippen molar-refractivity contribution in [3.63, 3.8) is 0 Å². The Morgan fingerprint density at radius 3 is 2.43 bits per heavy atom. The van der Waals surface area contributed by atoms with E-state index in [1.807, 2.05) is 43.3 Å². The van der Waals surface area contributed by atoms with E-state index < -0.39 is 0 Å². The highest BCUT2D eigenvalue weighted by Gasteiger charge is 2.07. The molecule has 0 radical (unpaired) electrons. The predicted molar refractivity (Wildman–Crippen MR) is 86.0 cm³/mol. The quantitative estimate of drug-likeness (QED) is 0.849. The van der Waals surface area contributed by atoms with Crippen molar-refractivity contribution in [2.24, 2.45) is 5.73 Å². The van der Waals surface area contributed by atoms with Gasteiger partial charge in [0, 0.05) is 12.5 Å². The maximum absolute atomic E-state index is 5.89. The average molecular weight is 285 g/mol. The van der Waals surface area contributed by atoms with E-state index in [9.17, 15) is 0 Å². The molecule has 0 heterocycles. The van der Waals surface area contributed by atoms with Gasteiger partial charge in [0.2, 0.25) is 0 Å². The van der Waals surface area contributed by atoms with Crippen LogP contribution in [0.5, 0.6) is 11.5 Å². The molecule has 0 bridgehead atoms. The minimum Gasteiger partial charge on any atom is -0.493 e. The molecule has 0 aliphatic rings. The normalized spacial score (nSPS) is 12.0. The second-order valence-corrected chi connectivity index (χ2v) is 5.25. The molecule has 0 aliphatic heterocycles. The molecule has 2 aromatic rings. The van der Waals surface area contributed by atoms with E-state index >= 15 is 0 Å². The number of hydrogen-bond donors (Lipinski definition) is 1. The first kappa shape index (κ1) is 15.4. The summed E-state index contributed by atoms with van der Waals surface area (Å²) in [4.78, 5) is 0. The molecule has 0 aromatic heterocycles. The van der Waals surface area contributed by atoms with Crippen LogP contribution in [0.4, 0.5) is 0 Å². The van der Waals surface area contributed by atoms with Crippen LogP contribution in [0, 0.1) is 0 Å². The first-order chi connectivity index (χ1) is 10.2. The summed E-state index contributed by atoms with van der Waals surface area (Å²) in [5.41, 5.74) is 8.28. The molecule has 21 heavy (non-hydrogen) atoms. The molecule has 0 saturated carbocycles. The lowest BCUT2D eigenvalue weighted by Gasteiger charge is -2.13. The van der Waals surface area contributed by atoms with E-state index in [0.29, 0.717) is 6.61 Å². The zero-order chi connectivity index (χ0) is 15.1. The van der Waals surface area contributed by atoms with Gasteiger partial charge in [-0.3, -0.25) is 0 Å². The Morgan fingerprint density at radius 2 is 1.76 bits per heavy atom. The third-order valence-corrected chi connectivity index (χ3v) is 3.28. The number of nitrogens with two attached hydrogens (primary N) is 1. The molecule has 0 amide bonds. The first-order valence-electron chi connectivity index (χ1n) is 7.28. The fraction of sp³-hybridized carbons (Fsp3) is 0.333. The van der Waals surface area contributed by atoms with Crippen LogP contribution < -0.4 is 15.2 Å². The lowest BCUT2D eigenvalue weighted by Crippen LogP contribution is -2.17. The minimum atomic E-state index is 0.135. The van der Waals surface area contributed by atoms with E-state index in [0.717, 1.165) is 24.3 Å². The molecule has 2 rings (SSSR count). The summed E-state index contributed by atoms with van der Waals surface area (Å²) >= 11 is 0. The Morgan fingerprint density at radius 1 is 1.00 bits per heavy atom. The third kappa shape index (κ3) is 4.80. The minimum absolute atomic E-state index is 0.135. The molecule has 2 N–H and O–H groups in total. The van der Waals surface area contributed by atoms with Gasteiger partial charge in [0.1, 0.15) is 0 Å². The Bertz CT molecular complexity index is 552. The summed E-state index contributed by atoms with van der Waals surface area (Å²) in [5, 5.41) is 0. The van der Waals surface area contributed by atoms with Crippen molar-refractivity contribution in [2.45, 2.75) is 25.8 Å². The van der Waals surface area contributed by atoms with Crippen molar-refractivity contribution in [2.75, 3.05) is 13.7 Å². The van der Waals surface area contributed by atoms with Crippen molar-refractivity contribution in [1.82, 2.24) is 0 Å². The van der Waals surface area contributed by atoms with Crippen molar-refractivity contribution in [3.05, 3.63) is 59.7 Å². The van der Waals surface area contributed by atoms with Gasteiger partial charge in [0.25, 0.3) is 0 Å². The Labute approximate surface area is 126 Å². The number of ether oxygens (including phenoxy) is 2. The monoisotopic (exact) mass is 285 g/mol. The van der Waals surface area contributed by atoms with Crippen molar-refractivity contribution in [3.8, 4) is 11.5 Å². The highest BCUT2D eigenvalue weighted by molar-refractivity contribution is 5.43. The molecule has 1 atom stereocenters. The largest absolute Gasteiger partial charge is 0.493 e. The van der Waals surface area contributed by atoms with Crippen LogP contribution in [0.3, 0.4) is 0 Å². The van der Waals surface area contributed by atoms with Crippen LogP contribution in [0.1, 0.15) is 18.1 Å². The second kappa shape index (κ2) is 7.70. The average Bonchev–Trinajstić information content (AvgIpc) is 2.48. The Balaban J connectivity index is 2.00. The van der Waals surface area contributed by atoms with Gasteiger partial charge in [-0.1, -0.05) is 36.4 Å². The first-order valence-corrected chi connectivity index (χ1v) is 7.28. The summed E-state index contributed by atoms with van der Waals surface area (Å²) in [7, 11) is 1.66. The summed E-state index contributed by atoms with van der Waals surface area (Å²) in [5.74, 6) is 1.54. The molecular weight excluding hydrogens is 262 g/mol. The van der Waals surface area contributed by atoms with Crippen LogP contribution in [-0.2, 0) is 12.8 Å². The SMILES string of the molecule is COc1ccc(C[C@H](C)N)cc1OCCc1ccccc1. The fourth-order valence-corrected chi connectivity index (χ4v) is 2.26. The van der Waals surface area contributed by atoms with Gasteiger partial charge in [-0.15, -0.1) is 0 Å². The van der Waals surface area contributed by atoms with Crippen molar-refractivity contribution >= 4 is 0 Å². The highest BCUT2D eigenvalue weighted by Crippen LogP contribution is 2.28. The molecule has 2 aromatic carbocycles. The van der Waals surface area contributed by atoms with Crippen LogP contribution in [0.25, 0.3) is 0 Å². The van der Waals surface area contributed by atoms with Gasteiger partial charge in [-0.2, -0.15) is 0 Å². The van der Waals surface area contributed by atoms with Crippen molar-refractivity contribution in [1.29, 1.82) is 0 Å². The van der Waals surface area contributed by atoms with Gasteiger partial charge in [-0.25, -0.2) is 0 Å². The Kier molecular flexibility index (Phi) is 5.64. The molecule has 0 saturated heterocycles. The van der Waals surface area contributed by atoms with Gasteiger partial charge in [-0.05, 0) is 36.6 Å². The topological polar surface area (TPSA) is 44.5 Å². The van der Waals surface area contributed by atoms with Crippen LogP contribution in [0.2, 0.25) is 0 Å². The lowest BCUT2D eigenvalue weighted by molar-refractivity contribution is 0.297. The second-order valence-electron chi connectivity index (χ2n) is 5.25. The zero-order valence-corrected chi connectivity index (χ0v) is 12.7. The number of hydrogen-bond acceptors (Lipinski definition) is 3. The zero-order valence-electron chi connectivity index (χ0n) is 12.7. The standard InChI is InChI=1S/C18H23NO2/c1-14(19)12-16-8-9-17(20-2)18(13-16)21-11-10-15-6-4-3-5-7-15/h3-9,13-14H,10-12,19H2,1-2H3/t14-/m0/s1. The van der Waals surface area contributed by atoms with Gasteiger partial charge < -0.3 is 15.2 Å². The van der Waals surface area contributed by atoms with Gasteiger partial charge in [0.05, 0.1) is 13.7 Å². The smallest absolute Gasteiger partial charge is 0.161 e. The lowest BCUT2D eigenvalue weighted by atomic mass is 10.1.